The number of phenols is 1. The standard InChI is InChI=1S/C14H24N2O3S/c1-3-4-5-6-7-11(2)16-20(18,19)12-8-9-14(17)13(15)10-12/h8-11,16-17H,3-7,15H2,1-2H3. The molecule has 114 valence electrons. The lowest BCUT2D eigenvalue weighted by molar-refractivity contribution is 0.477. The van der Waals surface area contributed by atoms with E-state index in [0.29, 0.717) is 0 Å². The highest BCUT2D eigenvalue weighted by molar-refractivity contribution is 7.89. The fraction of sp³-hybridized carbons (Fsp3) is 0.571. The van der Waals surface area contributed by atoms with E-state index in [1.165, 1.54) is 24.6 Å². The number of nitrogens with one attached hydrogen (secondary N) is 1. The number of rotatable bonds is 8. The van der Waals surface area contributed by atoms with Gasteiger partial charge < -0.3 is 10.8 Å². The first-order valence-electron chi connectivity index (χ1n) is 6.97. The van der Waals surface area contributed by atoms with Gasteiger partial charge in [0.15, 0.2) is 0 Å². The maximum absolute atomic E-state index is 12.1. The number of hydrogen-bond acceptors (Lipinski definition) is 4. The first-order valence-corrected chi connectivity index (χ1v) is 8.46. The van der Waals surface area contributed by atoms with Crippen LogP contribution in [-0.4, -0.2) is 19.6 Å². The summed E-state index contributed by atoms with van der Waals surface area (Å²) in [5.41, 5.74) is 5.58. The smallest absolute Gasteiger partial charge is 0.240 e. The predicted octanol–water partition coefficient (Wildman–Crippen LogP) is 2.61. The zero-order valence-electron chi connectivity index (χ0n) is 12.1. The number of nitrogen functional groups attached to an aromatic ring is 1. The van der Waals surface area contributed by atoms with Gasteiger partial charge in [0.1, 0.15) is 5.75 Å². The lowest BCUT2D eigenvalue weighted by Crippen LogP contribution is -2.32. The molecule has 0 amide bonds. The summed E-state index contributed by atoms with van der Waals surface area (Å²) in [7, 11) is -3.58. The van der Waals surface area contributed by atoms with Crippen molar-refractivity contribution in [2.45, 2.75) is 56.9 Å². The Morgan fingerprint density at radius 2 is 2.00 bits per heavy atom. The molecule has 6 heteroatoms. The Morgan fingerprint density at radius 3 is 2.60 bits per heavy atom. The van der Waals surface area contributed by atoms with Crippen molar-refractivity contribution in [1.82, 2.24) is 4.72 Å². The second-order valence-corrected chi connectivity index (χ2v) is 6.81. The van der Waals surface area contributed by atoms with Gasteiger partial charge in [-0.1, -0.05) is 32.6 Å². The van der Waals surface area contributed by atoms with Crippen LogP contribution in [0.2, 0.25) is 0 Å². The first kappa shape index (κ1) is 16.8. The van der Waals surface area contributed by atoms with Crippen LogP contribution in [0.1, 0.15) is 46.0 Å². The third-order valence-corrected chi connectivity index (χ3v) is 4.74. The molecule has 0 aliphatic carbocycles. The van der Waals surface area contributed by atoms with Crippen molar-refractivity contribution in [3.05, 3.63) is 18.2 Å². The molecular weight excluding hydrogens is 276 g/mol. The minimum Gasteiger partial charge on any atom is -0.506 e. The molecule has 1 aromatic carbocycles. The lowest BCUT2D eigenvalue weighted by Gasteiger charge is -2.14. The molecule has 5 nitrogen and oxygen atoms in total. The largest absolute Gasteiger partial charge is 0.506 e. The number of aromatic hydroxyl groups is 1. The third kappa shape index (κ3) is 5.02. The Labute approximate surface area is 121 Å². The van der Waals surface area contributed by atoms with Gasteiger partial charge in [-0.25, -0.2) is 13.1 Å². The molecule has 0 saturated carbocycles. The van der Waals surface area contributed by atoms with Crippen LogP contribution >= 0.6 is 0 Å². The van der Waals surface area contributed by atoms with Crippen LogP contribution in [0.15, 0.2) is 23.1 Å². The molecule has 0 aliphatic heterocycles. The van der Waals surface area contributed by atoms with Gasteiger partial charge in [0.05, 0.1) is 10.6 Å². The van der Waals surface area contributed by atoms with Crippen LogP contribution in [0.4, 0.5) is 5.69 Å². The molecule has 0 fully saturated rings. The van der Waals surface area contributed by atoms with E-state index in [-0.39, 0.29) is 22.4 Å². The number of hydrogen-bond donors (Lipinski definition) is 3. The molecule has 0 aromatic heterocycles. The number of unbranched alkanes of at least 4 members (excludes halogenated alkanes) is 3. The average Bonchev–Trinajstić information content (AvgIpc) is 2.37. The summed E-state index contributed by atoms with van der Waals surface area (Å²) < 4.78 is 26.9. The monoisotopic (exact) mass is 300 g/mol. The van der Waals surface area contributed by atoms with Crippen molar-refractivity contribution in [2.24, 2.45) is 0 Å². The topological polar surface area (TPSA) is 92.4 Å². The summed E-state index contributed by atoms with van der Waals surface area (Å²) >= 11 is 0. The minimum absolute atomic E-state index is 0.0588. The van der Waals surface area contributed by atoms with E-state index in [2.05, 4.69) is 11.6 Å². The molecule has 1 unspecified atom stereocenters. The first-order chi connectivity index (χ1) is 9.36. The highest BCUT2D eigenvalue weighted by Gasteiger charge is 2.18. The predicted molar refractivity (Wildman–Crippen MR) is 81.1 cm³/mol. The van der Waals surface area contributed by atoms with Crippen molar-refractivity contribution in [1.29, 1.82) is 0 Å². The summed E-state index contributed by atoms with van der Waals surface area (Å²) in [5, 5.41) is 9.32. The molecule has 0 saturated heterocycles. The summed E-state index contributed by atoms with van der Waals surface area (Å²) in [5.74, 6) is -0.114. The molecule has 0 spiro atoms. The van der Waals surface area contributed by atoms with E-state index in [4.69, 9.17) is 5.73 Å². The maximum Gasteiger partial charge on any atom is 0.240 e. The quantitative estimate of drug-likeness (QED) is 0.391. The Hall–Kier alpha value is -1.27. The number of phenolic OH excluding ortho intramolecular Hbond substituents is 1. The van der Waals surface area contributed by atoms with E-state index in [1.807, 2.05) is 6.92 Å². The Balaban J connectivity index is 2.62. The molecular formula is C14H24N2O3S. The van der Waals surface area contributed by atoms with Crippen LogP contribution in [0.3, 0.4) is 0 Å². The molecule has 0 bridgehead atoms. The normalized spacial score (nSPS) is 13.3. The third-order valence-electron chi connectivity index (χ3n) is 3.16. The summed E-state index contributed by atoms with van der Waals surface area (Å²) in [4.78, 5) is 0.0770. The SMILES string of the molecule is CCCCCCC(C)NS(=O)(=O)c1ccc(O)c(N)c1. The minimum atomic E-state index is -3.58. The van der Waals surface area contributed by atoms with Crippen LogP contribution in [0, 0.1) is 0 Å². The van der Waals surface area contributed by atoms with Gasteiger partial charge in [0.25, 0.3) is 0 Å². The van der Waals surface area contributed by atoms with E-state index in [0.717, 1.165) is 25.7 Å². The van der Waals surface area contributed by atoms with Crippen LogP contribution < -0.4 is 10.5 Å². The molecule has 1 aromatic rings. The molecule has 4 N–H and O–H groups in total. The summed E-state index contributed by atoms with van der Waals surface area (Å²) in [6.07, 6.45) is 5.28. The van der Waals surface area contributed by atoms with Crippen molar-refractivity contribution in [3.8, 4) is 5.75 Å². The number of sulfonamides is 1. The second-order valence-electron chi connectivity index (χ2n) is 5.09. The number of nitrogens with two attached hydrogens (primary N) is 1. The van der Waals surface area contributed by atoms with E-state index >= 15 is 0 Å². The van der Waals surface area contributed by atoms with Crippen LogP contribution in [-0.2, 0) is 10.0 Å². The summed E-state index contributed by atoms with van der Waals surface area (Å²) in [6, 6.07) is 3.78. The van der Waals surface area contributed by atoms with Gasteiger partial charge in [-0.3, -0.25) is 0 Å². The van der Waals surface area contributed by atoms with Crippen molar-refractivity contribution >= 4 is 15.7 Å². The highest BCUT2D eigenvalue weighted by atomic mass is 32.2. The fourth-order valence-corrected chi connectivity index (χ4v) is 3.28. The fourth-order valence-electron chi connectivity index (χ4n) is 1.97. The zero-order valence-corrected chi connectivity index (χ0v) is 12.9. The molecule has 0 aliphatic rings. The second kappa shape index (κ2) is 7.50. The van der Waals surface area contributed by atoms with Crippen molar-refractivity contribution in [3.63, 3.8) is 0 Å². The maximum atomic E-state index is 12.1. The molecule has 20 heavy (non-hydrogen) atoms. The van der Waals surface area contributed by atoms with Gasteiger partial charge in [-0.2, -0.15) is 0 Å². The van der Waals surface area contributed by atoms with Crippen LogP contribution in [0.5, 0.6) is 5.75 Å². The molecule has 1 atom stereocenters. The number of anilines is 1. The van der Waals surface area contributed by atoms with Gasteiger partial charge in [-0.15, -0.1) is 0 Å². The summed E-state index contributed by atoms with van der Waals surface area (Å²) in [6.45, 7) is 3.99. The Morgan fingerprint density at radius 1 is 1.30 bits per heavy atom. The molecule has 0 heterocycles. The van der Waals surface area contributed by atoms with E-state index < -0.39 is 10.0 Å². The highest BCUT2D eigenvalue weighted by Crippen LogP contribution is 2.23. The van der Waals surface area contributed by atoms with Gasteiger partial charge in [-0.05, 0) is 31.5 Å². The van der Waals surface area contributed by atoms with Crippen LogP contribution in [0.25, 0.3) is 0 Å². The van der Waals surface area contributed by atoms with Gasteiger partial charge in [0.2, 0.25) is 10.0 Å². The average molecular weight is 300 g/mol. The number of benzene rings is 1. The van der Waals surface area contributed by atoms with Gasteiger partial charge >= 0.3 is 0 Å². The Bertz CT molecular complexity index is 529. The Kier molecular flexibility index (Phi) is 6.29. The van der Waals surface area contributed by atoms with E-state index in [9.17, 15) is 13.5 Å². The van der Waals surface area contributed by atoms with Gasteiger partial charge in [0, 0.05) is 6.04 Å². The lowest BCUT2D eigenvalue weighted by atomic mass is 10.1. The van der Waals surface area contributed by atoms with Crippen molar-refractivity contribution in [2.75, 3.05) is 5.73 Å². The molecule has 1 rings (SSSR count). The van der Waals surface area contributed by atoms with Crippen molar-refractivity contribution < 1.29 is 13.5 Å². The zero-order chi connectivity index (χ0) is 15.2. The molecule has 0 radical (unpaired) electrons. The van der Waals surface area contributed by atoms with E-state index in [1.54, 1.807) is 0 Å².